The van der Waals surface area contributed by atoms with Crippen molar-refractivity contribution >= 4 is 11.8 Å². The van der Waals surface area contributed by atoms with Gasteiger partial charge in [-0.3, -0.25) is 9.80 Å². The maximum atomic E-state index is 9.18. The van der Waals surface area contributed by atoms with Gasteiger partial charge in [-0.15, -0.1) is 11.8 Å². The fraction of sp³-hybridized carbons (Fsp3) is 0.364. The van der Waals surface area contributed by atoms with Crippen molar-refractivity contribution in [1.29, 1.82) is 5.26 Å². The van der Waals surface area contributed by atoms with Crippen LogP contribution in [0.25, 0.3) is 11.5 Å². The van der Waals surface area contributed by atoms with Crippen LogP contribution in [0.4, 0.5) is 0 Å². The highest BCUT2D eigenvalue weighted by molar-refractivity contribution is 7.98. The van der Waals surface area contributed by atoms with Crippen LogP contribution in [0.1, 0.15) is 23.5 Å². The Balaban J connectivity index is 1.33. The number of hydrogen-bond acceptors (Lipinski definition) is 8. The van der Waals surface area contributed by atoms with E-state index in [0.717, 1.165) is 61.3 Å². The largest absolute Gasteiger partial charge is 0.334 e. The SMILES string of the molecule is CSc1nc(CN2CCCN(Cc3noc(-c4ccccc4)n3)CC2)ccc1C#N. The molecule has 1 fully saturated rings. The Kier molecular flexibility index (Phi) is 6.74. The van der Waals surface area contributed by atoms with E-state index >= 15 is 0 Å². The highest BCUT2D eigenvalue weighted by Gasteiger charge is 2.18. The second kappa shape index (κ2) is 9.85. The molecule has 1 saturated heterocycles. The lowest BCUT2D eigenvalue weighted by Gasteiger charge is -2.20. The van der Waals surface area contributed by atoms with E-state index in [9.17, 15) is 5.26 Å². The summed E-state index contributed by atoms with van der Waals surface area (Å²) in [5.41, 5.74) is 2.60. The second-order valence-corrected chi connectivity index (χ2v) is 8.05. The molecule has 1 aromatic carbocycles. The predicted molar refractivity (Wildman–Crippen MR) is 116 cm³/mol. The molecule has 0 amide bonds. The van der Waals surface area contributed by atoms with Crippen LogP contribution in [0.15, 0.2) is 52.0 Å². The third-order valence-electron chi connectivity index (χ3n) is 5.15. The van der Waals surface area contributed by atoms with Crippen molar-refractivity contribution in [2.24, 2.45) is 0 Å². The molecule has 30 heavy (non-hydrogen) atoms. The Morgan fingerprint density at radius 1 is 1.00 bits per heavy atom. The number of nitrogens with zero attached hydrogens (tertiary/aromatic N) is 6. The highest BCUT2D eigenvalue weighted by atomic mass is 32.2. The van der Waals surface area contributed by atoms with Gasteiger partial charge in [-0.05, 0) is 50.0 Å². The van der Waals surface area contributed by atoms with Crippen LogP contribution >= 0.6 is 11.8 Å². The minimum Gasteiger partial charge on any atom is -0.334 e. The first kappa shape index (κ1) is 20.5. The summed E-state index contributed by atoms with van der Waals surface area (Å²) < 4.78 is 5.43. The van der Waals surface area contributed by atoms with Gasteiger partial charge in [0.05, 0.1) is 17.8 Å². The van der Waals surface area contributed by atoms with Gasteiger partial charge in [-0.2, -0.15) is 10.2 Å². The van der Waals surface area contributed by atoms with Gasteiger partial charge in [0.25, 0.3) is 5.89 Å². The van der Waals surface area contributed by atoms with Crippen molar-refractivity contribution in [2.75, 3.05) is 32.4 Å². The molecule has 0 saturated carbocycles. The van der Waals surface area contributed by atoms with Crippen LogP contribution in [0, 0.1) is 11.3 Å². The van der Waals surface area contributed by atoms with E-state index in [1.807, 2.05) is 48.7 Å². The maximum absolute atomic E-state index is 9.18. The van der Waals surface area contributed by atoms with Gasteiger partial charge in [0.15, 0.2) is 5.82 Å². The summed E-state index contributed by atoms with van der Waals surface area (Å²) in [6.07, 6.45) is 3.03. The average Bonchev–Trinajstić information content (AvgIpc) is 3.15. The Bertz CT molecular complexity index is 1020. The molecular formula is C22H24N6OS. The number of rotatable bonds is 6. The molecule has 0 unspecified atom stereocenters. The van der Waals surface area contributed by atoms with Crippen LogP contribution in [-0.2, 0) is 13.1 Å². The van der Waals surface area contributed by atoms with Gasteiger partial charge < -0.3 is 4.52 Å². The summed E-state index contributed by atoms with van der Waals surface area (Å²) in [4.78, 5) is 14.0. The maximum Gasteiger partial charge on any atom is 0.257 e. The molecule has 8 heteroatoms. The lowest BCUT2D eigenvalue weighted by atomic mass is 10.2. The van der Waals surface area contributed by atoms with Crippen LogP contribution in [0.2, 0.25) is 0 Å². The topological polar surface area (TPSA) is 82.1 Å². The molecule has 0 radical (unpaired) electrons. The van der Waals surface area contributed by atoms with E-state index in [1.54, 1.807) is 0 Å². The summed E-state index contributed by atoms with van der Waals surface area (Å²) in [7, 11) is 0. The van der Waals surface area contributed by atoms with Gasteiger partial charge in [0, 0.05) is 25.2 Å². The first-order chi connectivity index (χ1) is 14.7. The smallest absolute Gasteiger partial charge is 0.257 e. The van der Waals surface area contributed by atoms with Crippen molar-refractivity contribution in [1.82, 2.24) is 24.9 Å². The summed E-state index contributed by atoms with van der Waals surface area (Å²) in [6.45, 7) is 5.42. The molecule has 0 bridgehead atoms. The zero-order chi connectivity index (χ0) is 20.8. The fourth-order valence-electron chi connectivity index (χ4n) is 3.59. The minimum absolute atomic E-state index is 0.568. The van der Waals surface area contributed by atoms with Gasteiger partial charge >= 0.3 is 0 Å². The average molecular weight is 421 g/mol. The molecule has 2 aromatic heterocycles. The second-order valence-electron chi connectivity index (χ2n) is 7.26. The molecular weight excluding hydrogens is 396 g/mol. The normalized spacial score (nSPS) is 15.6. The highest BCUT2D eigenvalue weighted by Crippen LogP contribution is 2.19. The first-order valence-corrected chi connectivity index (χ1v) is 11.2. The molecule has 3 heterocycles. The number of benzene rings is 1. The van der Waals surface area contributed by atoms with Crippen LogP contribution in [0.3, 0.4) is 0 Å². The fourth-order valence-corrected chi connectivity index (χ4v) is 4.14. The molecule has 0 spiro atoms. The standard InChI is InChI=1S/C22H24N6OS/c1-30-22-18(14-23)8-9-19(24-22)15-27-10-5-11-28(13-12-27)16-20-25-21(29-26-20)17-6-3-2-4-7-17/h2-4,6-9H,5,10-13,15-16H2,1H3. The predicted octanol–water partition coefficient (Wildman–Crippen LogP) is 3.43. The number of pyridine rings is 1. The number of aromatic nitrogens is 3. The van der Waals surface area contributed by atoms with Crippen LogP contribution in [0.5, 0.6) is 0 Å². The molecule has 3 aromatic rings. The van der Waals surface area contributed by atoms with E-state index in [2.05, 4.69) is 31.0 Å². The Morgan fingerprint density at radius 2 is 1.77 bits per heavy atom. The molecule has 1 aliphatic heterocycles. The van der Waals surface area contributed by atoms with Crippen molar-refractivity contribution in [2.45, 2.75) is 24.5 Å². The number of hydrogen-bond donors (Lipinski definition) is 0. The molecule has 4 rings (SSSR count). The number of thioether (sulfide) groups is 1. The van der Waals surface area contributed by atoms with Crippen molar-refractivity contribution in [3.8, 4) is 17.5 Å². The first-order valence-electron chi connectivity index (χ1n) is 10.0. The molecule has 154 valence electrons. The summed E-state index contributed by atoms with van der Waals surface area (Å²) in [5, 5.41) is 14.1. The van der Waals surface area contributed by atoms with Crippen molar-refractivity contribution < 1.29 is 4.52 Å². The molecule has 7 nitrogen and oxygen atoms in total. The van der Waals surface area contributed by atoms with E-state index < -0.39 is 0 Å². The summed E-state index contributed by atoms with van der Waals surface area (Å²) in [6, 6.07) is 15.9. The van der Waals surface area contributed by atoms with Crippen molar-refractivity contribution in [3.05, 3.63) is 59.5 Å². The van der Waals surface area contributed by atoms with Gasteiger partial charge in [-0.25, -0.2) is 4.98 Å². The van der Waals surface area contributed by atoms with Crippen LogP contribution < -0.4 is 0 Å². The minimum atomic E-state index is 0.568. The zero-order valence-corrected chi connectivity index (χ0v) is 17.8. The van der Waals surface area contributed by atoms with Crippen LogP contribution in [-0.4, -0.2) is 57.4 Å². The molecule has 1 aliphatic rings. The quantitative estimate of drug-likeness (QED) is 0.561. The Morgan fingerprint density at radius 3 is 2.50 bits per heavy atom. The molecule has 0 N–H and O–H groups in total. The van der Waals surface area contributed by atoms with E-state index in [4.69, 9.17) is 4.52 Å². The molecule has 0 aliphatic carbocycles. The zero-order valence-electron chi connectivity index (χ0n) is 17.0. The van der Waals surface area contributed by atoms with E-state index in [1.165, 1.54) is 11.8 Å². The lowest BCUT2D eigenvalue weighted by Crippen LogP contribution is -2.30. The third-order valence-corrected chi connectivity index (χ3v) is 5.85. The Labute approximate surface area is 180 Å². The molecule has 0 atom stereocenters. The van der Waals surface area contributed by atoms with E-state index in [0.29, 0.717) is 18.0 Å². The van der Waals surface area contributed by atoms with Gasteiger partial charge in [0.2, 0.25) is 0 Å². The Hall–Kier alpha value is -2.73. The summed E-state index contributed by atoms with van der Waals surface area (Å²) >= 11 is 1.52. The summed E-state index contributed by atoms with van der Waals surface area (Å²) in [5.74, 6) is 1.29. The third kappa shape index (κ3) is 5.05. The lowest BCUT2D eigenvalue weighted by molar-refractivity contribution is 0.240. The van der Waals surface area contributed by atoms with Crippen molar-refractivity contribution in [3.63, 3.8) is 0 Å². The van der Waals surface area contributed by atoms with Gasteiger partial charge in [0.1, 0.15) is 11.1 Å². The van der Waals surface area contributed by atoms with E-state index in [-0.39, 0.29) is 0 Å². The number of nitriles is 1. The van der Waals surface area contributed by atoms with Gasteiger partial charge in [-0.1, -0.05) is 23.4 Å². The monoisotopic (exact) mass is 420 g/mol.